The van der Waals surface area contributed by atoms with Gasteiger partial charge in [-0.05, 0) is 12.1 Å². The molecule has 112 valence electrons. The van der Waals surface area contributed by atoms with E-state index in [0.29, 0.717) is 5.75 Å². The maximum absolute atomic E-state index is 12.0. The molecule has 1 aromatic rings. The van der Waals surface area contributed by atoms with Crippen LogP contribution in [0.5, 0.6) is 0 Å². The van der Waals surface area contributed by atoms with Gasteiger partial charge in [0.1, 0.15) is 16.9 Å². The summed E-state index contributed by atoms with van der Waals surface area (Å²) in [6.07, 6.45) is 0.894. The van der Waals surface area contributed by atoms with Crippen LogP contribution >= 0.6 is 23.5 Å². The largest absolute Gasteiger partial charge is 0.463 e. The molecule has 0 saturated carbocycles. The van der Waals surface area contributed by atoms with E-state index in [4.69, 9.17) is 4.42 Å². The van der Waals surface area contributed by atoms with Crippen molar-refractivity contribution in [2.75, 3.05) is 18.1 Å². The second-order valence-electron chi connectivity index (χ2n) is 5.87. The summed E-state index contributed by atoms with van der Waals surface area (Å²) in [5, 5.41) is 0.0587. The van der Waals surface area contributed by atoms with E-state index in [1.165, 1.54) is 0 Å². The van der Waals surface area contributed by atoms with Crippen LogP contribution in [-0.2, 0) is 11.2 Å². The smallest absolute Gasteiger partial charge is 0.233 e. The van der Waals surface area contributed by atoms with Gasteiger partial charge in [-0.3, -0.25) is 4.79 Å². The minimum atomic E-state index is 0.0587. The van der Waals surface area contributed by atoms with E-state index in [0.717, 1.165) is 30.2 Å². The van der Waals surface area contributed by atoms with Crippen molar-refractivity contribution in [2.45, 2.75) is 44.2 Å². The molecule has 0 spiro atoms. The third kappa shape index (κ3) is 3.98. The Kier molecular flexibility index (Phi) is 5.13. The first kappa shape index (κ1) is 15.8. The molecule has 1 aromatic heterocycles. The van der Waals surface area contributed by atoms with E-state index in [2.05, 4.69) is 27.7 Å². The Balaban J connectivity index is 1.99. The third-order valence-electron chi connectivity index (χ3n) is 3.11. The highest BCUT2D eigenvalue weighted by molar-refractivity contribution is 8.01. The van der Waals surface area contributed by atoms with Crippen molar-refractivity contribution >= 4 is 29.4 Å². The van der Waals surface area contributed by atoms with Crippen molar-refractivity contribution in [3.63, 3.8) is 0 Å². The summed E-state index contributed by atoms with van der Waals surface area (Å²) in [7, 11) is 0. The standard InChI is InChI=1S/C15H23NO2S2/c1-5-11-6-7-12(18-11)14-16(13(17)10-19-14)8-9-20-15(2,3)4/h6-7,14H,5,8-10H2,1-4H3. The van der Waals surface area contributed by atoms with Crippen LogP contribution in [-0.4, -0.2) is 33.6 Å². The highest BCUT2D eigenvalue weighted by Gasteiger charge is 2.34. The van der Waals surface area contributed by atoms with E-state index in [1.807, 2.05) is 28.8 Å². The maximum Gasteiger partial charge on any atom is 0.233 e. The van der Waals surface area contributed by atoms with Gasteiger partial charge >= 0.3 is 0 Å². The number of amides is 1. The van der Waals surface area contributed by atoms with Gasteiger partial charge in [-0.25, -0.2) is 0 Å². The van der Waals surface area contributed by atoms with Crippen LogP contribution in [0.15, 0.2) is 16.5 Å². The van der Waals surface area contributed by atoms with Crippen LogP contribution in [0.3, 0.4) is 0 Å². The van der Waals surface area contributed by atoms with Gasteiger partial charge in [0.25, 0.3) is 0 Å². The number of hydrogen-bond donors (Lipinski definition) is 0. The molecule has 5 heteroatoms. The molecule has 20 heavy (non-hydrogen) atoms. The fourth-order valence-corrected chi connectivity index (χ4v) is 4.16. The number of rotatable bonds is 5. The molecule has 3 nitrogen and oxygen atoms in total. The second-order valence-corrected chi connectivity index (χ2v) is 8.86. The van der Waals surface area contributed by atoms with Gasteiger partial charge in [0.15, 0.2) is 0 Å². The average Bonchev–Trinajstić information content (AvgIpc) is 2.95. The molecular weight excluding hydrogens is 290 g/mol. The molecule has 1 fully saturated rings. The van der Waals surface area contributed by atoms with Gasteiger partial charge in [0, 0.05) is 23.5 Å². The van der Waals surface area contributed by atoms with Gasteiger partial charge in [-0.1, -0.05) is 27.7 Å². The number of carbonyl (C=O) groups excluding carboxylic acids is 1. The van der Waals surface area contributed by atoms with Crippen LogP contribution in [0.1, 0.15) is 44.6 Å². The minimum absolute atomic E-state index is 0.0587. The number of hydrogen-bond acceptors (Lipinski definition) is 4. The van der Waals surface area contributed by atoms with Gasteiger partial charge in [-0.15, -0.1) is 11.8 Å². The predicted octanol–water partition coefficient (Wildman–Crippen LogP) is 3.95. The summed E-state index contributed by atoms with van der Waals surface area (Å²) in [6, 6.07) is 4.03. The van der Waals surface area contributed by atoms with Gasteiger partial charge in [-0.2, -0.15) is 11.8 Å². The fourth-order valence-electron chi connectivity index (χ4n) is 2.10. The summed E-state index contributed by atoms with van der Waals surface area (Å²) < 4.78 is 6.06. The van der Waals surface area contributed by atoms with E-state index in [9.17, 15) is 4.79 Å². The van der Waals surface area contributed by atoms with E-state index in [-0.39, 0.29) is 16.0 Å². The van der Waals surface area contributed by atoms with E-state index >= 15 is 0 Å². The number of furan rings is 1. The molecule has 2 heterocycles. The quantitative estimate of drug-likeness (QED) is 0.824. The Hall–Kier alpha value is -0.550. The third-order valence-corrected chi connectivity index (χ3v) is 5.58. The first-order valence-electron chi connectivity index (χ1n) is 7.04. The average molecular weight is 313 g/mol. The van der Waals surface area contributed by atoms with Crippen molar-refractivity contribution in [2.24, 2.45) is 0 Å². The van der Waals surface area contributed by atoms with Crippen molar-refractivity contribution in [1.29, 1.82) is 0 Å². The highest BCUT2D eigenvalue weighted by atomic mass is 32.2. The van der Waals surface area contributed by atoms with Crippen molar-refractivity contribution in [3.8, 4) is 0 Å². The molecule has 2 rings (SSSR count). The Morgan fingerprint density at radius 1 is 1.45 bits per heavy atom. The van der Waals surface area contributed by atoms with Crippen molar-refractivity contribution < 1.29 is 9.21 Å². The Bertz CT molecular complexity index is 465. The molecule has 1 unspecified atom stereocenters. The normalized spacial score (nSPS) is 19.9. The molecule has 0 aliphatic carbocycles. The molecule has 1 amide bonds. The van der Waals surface area contributed by atoms with Crippen molar-refractivity contribution in [1.82, 2.24) is 4.90 Å². The van der Waals surface area contributed by atoms with Crippen LogP contribution in [0.4, 0.5) is 0 Å². The summed E-state index contributed by atoms with van der Waals surface area (Å²) in [5.41, 5.74) is 0. The Morgan fingerprint density at radius 3 is 2.80 bits per heavy atom. The van der Waals surface area contributed by atoms with Crippen LogP contribution in [0, 0.1) is 0 Å². The lowest BCUT2D eigenvalue weighted by molar-refractivity contribution is -0.128. The molecule has 1 aliphatic rings. The molecule has 1 saturated heterocycles. The van der Waals surface area contributed by atoms with Crippen molar-refractivity contribution in [3.05, 3.63) is 23.7 Å². The van der Waals surface area contributed by atoms with Crippen LogP contribution in [0.2, 0.25) is 0 Å². The molecule has 0 N–H and O–H groups in total. The Labute approximate surface area is 129 Å². The summed E-state index contributed by atoms with van der Waals surface area (Å²) in [4.78, 5) is 14.0. The zero-order chi connectivity index (χ0) is 14.8. The topological polar surface area (TPSA) is 33.5 Å². The van der Waals surface area contributed by atoms with Crippen LogP contribution in [0.25, 0.3) is 0 Å². The first-order chi connectivity index (χ1) is 9.40. The number of carbonyl (C=O) groups is 1. The van der Waals surface area contributed by atoms with Gasteiger partial charge < -0.3 is 9.32 Å². The Morgan fingerprint density at radius 2 is 2.20 bits per heavy atom. The summed E-state index contributed by atoms with van der Waals surface area (Å²) >= 11 is 3.56. The molecule has 1 atom stereocenters. The summed E-state index contributed by atoms with van der Waals surface area (Å²) in [6.45, 7) is 9.48. The van der Waals surface area contributed by atoms with Gasteiger partial charge in [0.05, 0.1) is 5.75 Å². The van der Waals surface area contributed by atoms with Crippen LogP contribution < -0.4 is 0 Å². The maximum atomic E-state index is 12.0. The number of nitrogens with zero attached hydrogens (tertiary/aromatic N) is 1. The monoisotopic (exact) mass is 313 g/mol. The predicted molar refractivity (Wildman–Crippen MR) is 87.2 cm³/mol. The molecule has 0 bridgehead atoms. The minimum Gasteiger partial charge on any atom is -0.463 e. The zero-order valence-electron chi connectivity index (χ0n) is 12.6. The lowest BCUT2D eigenvalue weighted by Crippen LogP contribution is -2.31. The lowest BCUT2D eigenvalue weighted by Gasteiger charge is -2.24. The second kappa shape index (κ2) is 6.48. The number of thioether (sulfide) groups is 2. The molecule has 0 radical (unpaired) electrons. The molecular formula is C15H23NO2S2. The van der Waals surface area contributed by atoms with E-state index < -0.39 is 0 Å². The lowest BCUT2D eigenvalue weighted by atomic mass is 10.3. The number of aryl methyl sites for hydroxylation is 1. The highest BCUT2D eigenvalue weighted by Crippen LogP contribution is 2.39. The van der Waals surface area contributed by atoms with E-state index in [1.54, 1.807) is 11.8 Å². The zero-order valence-corrected chi connectivity index (χ0v) is 14.3. The first-order valence-corrected chi connectivity index (χ1v) is 9.08. The fraction of sp³-hybridized carbons (Fsp3) is 0.667. The van der Waals surface area contributed by atoms with Gasteiger partial charge in [0.2, 0.25) is 5.91 Å². The summed E-state index contributed by atoms with van der Waals surface area (Å²) in [5.74, 6) is 3.66. The molecule has 1 aliphatic heterocycles. The molecule has 0 aromatic carbocycles. The SMILES string of the molecule is CCc1ccc(C2SCC(=O)N2CCSC(C)(C)C)o1.